The normalized spacial score (nSPS) is 30.7. The molecule has 3 atom stereocenters. The van der Waals surface area contributed by atoms with E-state index in [0.717, 1.165) is 18.9 Å². The van der Waals surface area contributed by atoms with Crippen LogP contribution in [0.25, 0.3) is 0 Å². The molecule has 2 heteroatoms. The minimum Gasteiger partial charge on any atom is -0.297 e. The fourth-order valence-corrected chi connectivity index (χ4v) is 3.10. The van der Waals surface area contributed by atoms with Crippen molar-refractivity contribution in [1.82, 2.24) is 4.90 Å². The van der Waals surface area contributed by atoms with Crippen LogP contribution in [0.2, 0.25) is 0 Å². The molecule has 2 nitrogen and oxygen atoms in total. The third-order valence-corrected chi connectivity index (χ3v) is 4.12. The lowest BCUT2D eigenvalue weighted by molar-refractivity contribution is 0.0784. The van der Waals surface area contributed by atoms with E-state index in [1.165, 1.54) is 19.3 Å². The van der Waals surface area contributed by atoms with Gasteiger partial charge in [0, 0.05) is 12.1 Å². The molecule has 0 spiro atoms. The van der Waals surface area contributed by atoms with Crippen molar-refractivity contribution < 1.29 is 0 Å². The Morgan fingerprint density at radius 3 is 2.44 bits per heavy atom. The molecular weight excluding hydrogens is 196 g/mol. The van der Waals surface area contributed by atoms with Crippen LogP contribution in [0.3, 0.4) is 0 Å². The van der Waals surface area contributed by atoms with Crippen LogP contribution in [0, 0.1) is 23.2 Å². The lowest BCUT2D eigenvalue weighted by atomic mass is 9.77. The molecule has 0 aromatic carbocycles. The number of rotatable bonds is 4. The molecule has 92 valence electrons. The molecule has 0 N–H and O–H groups in total. The van der Waals surface area contributed by atoms with Crippen LogP contribution in [0.1, 0.15) is 53.4 Å². The molecule has 1 fully saturated rings. The summed E-state index contributed by atoms with van der Waals surface area (Å²) in [5, 5.41) is 9.27. The Balaban J connectivity index is 2.74. The third kappa shape index (κ3) is 2.98. The van der Waals surface area contributed by atoms with Gasteiger partial charge in [-0.15, -0.1) is 0 Å². The highest BCUT2D eigenvalue weighted by atomic mass is 15.2. The van der Waals surface area contributed by atoms with Crippen molar-refractivity contribution in [2.24, 2.45) is 11.8 Å². The minimum absolute atomic E-state index is 0.255. The van der Waals surface area contributed by atoms with Crippen molar-refractivity contribution in [2.75, 3.05) is 6.54 Å². The van der Waals surface area contributed by atoms with Gasteiger partial charge < -0.3 is 0 Å². The van der Waals surface area contributed by atoms with Crippen molar-refractivity contribution in [3.8, 4) is 6.07 Å². The second-order valence-electron chi connectivity index (χ2n) is 5.31. The van der Waals surface area contributed by atoms with Crippen LogP contribution in [0.5, 0.6) is 0 Å². The number of hydrogen-bond acceptors (Lipinski definition) is 2. The molecule has 1 saturated carbocycles. The highest BCUT2D eigenvalue weighted by Crippen LogP contribution is 2.34. The maximum atomic E-state index is 9.27. The molecule has 0 heterocycles. The molecule has 0 saturated heterocycles. The molecule has 1 rings (SSSR count). The topological polar surface area (TPSA) is 27.0 Å². The van der Waals surface area contributed by atoms with E-state index < -0.39 is 0 Å². The van der Waals surface area contributed by atoms with Gasteiger partial charge in [-0.3, -0.25) is 4.90 Å². The molecule has 16 heavy (non-hydrogen) atoms. The first-order chi connectivity index (χ1) is 7.63. The molecule has 0 aromatic heterocycles. The Kier molecular flexibility index (Phi) is 5.28. The van der Waals surface area contributed by atoms with Gasteiger partial charge in [0.05, 0.1) is 12.0 Å². The number of nitriles is 1. The first-order valence-corrected chi connectivity index (χ1v) is 6.79. The van der Waals surface area contributed by atoms with E-state index in [2.05, 4.69) is 38.7 Å². The van der Waals surface area contributed by atoms with E-state index in [1.807, 2.05) is 0 Å². The monoisotopic (exact) mass is 222 g/mol. The Labute approximate surface area is 101 Å². The second-order valence-corrected chi connectivity index (χ2v) is 5.31. The standard InChI is InChI=1S/C14H26N2/c1-5-12-7-8-13(10-15)14(9-12)16(6-2)11(3)4/h11-14H,5-9H2,1-4H3. The fourth-order valence-electron chi connectivity index (χ4n) is 3.10. The molecule has 0 bridgehead atoms. The van der Waals surface area contributed by atoms with Crippen molar-refractivity contribution in [1.29, 1.82) is 5.26 Å². The van der Waals surface area contributed by atoms with E-state index >= 15 is 0 Å². The largest absolute Gasteiger partial charge is 0.297 e. The summed E-state index contributed by atoms with van der Waals surface area (Å²) in [4.78, 5) is 2.51. The van der Waals surface area contributed by atoms with Crippen LogP contribution < -0.4 is 0 Å². The molecule has 0 radical (unpaired) electrons. The lowest BCUT2D eigenvalue weighted by Gasteiger charge is -2.41. The van der Waals surface area contributed by atoms with Gasteiger partial charge in [0.1, 0.15) is 0 Å². The summed E-state index contributed by atoms with van der Waals surface area (Å²) in [5.41, 5.74) is 0. The first-order valence-electron chi connectivity index (χ1n) is 6.79. The van der Waals surface area contributed by atoms with Crippen LogP contribution in [0.4, 0.5) is 0 Å². The first kappa shape index (κ1) is 13.5. The van der Waals surface area contributed by atoms with E-state index in [4.69, 9.17) is 0 Å². The predicted octanol–water partition coefficient (Wildman–Crippen LogP) is 3.44. The maximum Gasteiger partial charge on any atom is 0.0672 e. The average Bonchev–Trinajstić information content (AvgIpc) is 2.29. The SMILES string of the molecule is CCC1CCC(C#N)C(N(CC)C(C)C)C1. The fraction of sp³-hybridized carbons (Fsp3) is 0.929. The molecule has 1 aliphatic carbocycles. The summed E-state index contributed by atoms with van der Waals surface area (Å²) in [5.74, 6) is 1.09. The summed E-state index contributed by atoms with van der Waals surface area (Å²) in [6, 6.07) is 3.58. The van der Waals surface area contributed by atoms with Gasteiger partial charge in [0.15, 0.2) is 0 Å². The zero-order chi connectivity index (χ0) is 12.1. The Hall–Kier alpha value is -0.550. The summed E-state index contributed by atoms with van der Waals surface area (Å²) in [6.45, 7) is 10.0. The lowest BCUT2D eigenvalue weighted by Crippen LogP contribution is -2.47. The maximum absolute atomic E-state index is 9.27. The van der Waals surface area contributed by atoms with Crippen LogP contribution in [0.15, 0.2) is 0 Å². The average molecular weight is 222 g/mol. The van der Waals surface area contributed by atoms with Gasteiger partial charge in [0.2, 0.25) is 0 Å². The zero-order valence-electron chi connectivity index (χ0n) is 11.2. The van der Waals surface area contributed by atoms with Crippen molar-refractivity contribution in [3.05, 3.63) is 0 Å². The van der Waals surface area contributed by atoms with E-state index in [-0.39, 0.29) is 5.92 Å². The van der Waals surface area contributed by atoms with Crippen molar-refractivity contribution in [2.45, 2.75) is 65.5 Å². The van der Waals surface area contributed by atoms with E-state index in [1.54, 1.807) is 0 Å². The Bertz CT molecular complexity index is 242. The highest BCUT2D eigenvalue weighted by Gasteiger charge is 2.34. The van der Waals surface area contributed by atoms with Gasteiger partial charge in [0.25, 0.3) is 0 Å². The quantitative estimate of drug-likeness (QED) is 0.728. The molecule has 3 unspecified atom stereocenters. The molecule has 0 amide bonds. The summed E-state index contributed by atoms with van der Waals surface area (Å²) < 4.78 is 0. The van der Waals surface area contributed by atoms with Crippen molar-refractivity contribution in [3.63, 3.8) is 0 Å². The summed E-state index contributed by atoms with van der Waals surface area (Å²) in [7, 11) is 0. The highest BCUT2D eigenvalue weighted by molar-refractivity contribution is 4.97. The zero-order valence-corrected chi connectivity index (χ0v) is 11.2. The Morgan fingerprint density at radius 2 is 2.00 bits per heavy atom. The number of hydrogen-bond donors (Lipinski definition) is 0. The summed E-state index contributed by atoms with van der Waals surface area (Å²) >= 11 is 0. The van der Waals surface area contributed by atoms with E-state index in [0.29, 0.717) is 12.1 Å². The van der Waals surface area contributed by atoms with Gasteiger partial charge >= 0.3 is 0 Å². The van der Waals surface area contributed by atoms with Gasteiger partial charge in [-0.2, -0.15) is 5.26 Å². The molecular formula is C14H26N2. The second kappa shape index (κ2) is 6.25. The van der Waals surface area contributed by atoms with Gasteiger partial charge in [-0.05, 0) is 45.6 Å². The molecule has 1 aliphatic rings. The van der Waals surface area contributed by atoms with Gasteiger partial charge in [-0.25, -0.2) is 0 Å². The van der Waals surface area contributed by atoms with Crippen LogP contribution in [-0.4, -0.2) is 23.5 Å². The minimum atomic E-state index is 0.255. The Morgan fingerprint density at radius 1 is 1.31 bits per heavy atom. The van der Waals surface area contributed by atoms with Crippen molar-refractivity contribution >= 4 is 0 Å². The van der Waals surface area contributed by atoms with Crippen LogP contribution >= 0.6 is 0 Å². The smallest absolute Gasteiger partial charge is 0.0672 e. The van der Waals surface area contributed by atoms with Gasteiger partial charge in [-0.1, -0.05) is 20.3 Å². The van der Waals surface area contributed by atoms with E-state index in [9.17, 15) is 5.26 Å². The number of nitrogens with zero attached hydrogens (tertiary/aromatic N) is 2. The molecule has 0 aliphatic heterocycles. The molecule has 0 aromatic rings. The predicted molar refractivity (Wildman–Crippen MR) is 68.0 cm³/mol. The summed E-state index contributed by atoms with van der Waals surface area (Å²) in [6.07, 6.45) is 4.84. The van der Waals surface area contributed by atoms with Crippen LogP contribution in [-0.2, 0) is 0 Å². The third-order valence-electron chi connectivity index (χ3n) is 4.12.